The van der Waals surface area contributed by atoms with Crippen LogP contribution in [0.2, 0.25) is 0 Å². The molecule has 3 heteroatoms. The number of nitrogen functional groups attached to an aromatic ring is 1. The van der Waals surface area contributed by atoms with E-state index in [0.29, 0.717) is 5.92 Å². The van der Waals surface area contributed by atoms with Gasteiger partial charge < -0.3 is 16.2 Å². The van der Waals surface area contributed by atoms with Gasteiger partial charge in [-0.1, -0.05) is 13.8 Å². The molecular weight excluding hydrogens is 176 g/mol. The van der Waals surface area contributed by atoms with Crippen LogP contribution in [0.25, 0.3) is 0 Å². The van der Waals surface area contributed by atoms with Crippen LogP contribution in [0.15, 0.2) is 24.3 Å². The second-order valence-electron chi connectivity index (χ2n) is 3.80. The van der Waals surface area contributed by atoms with Gasteiger partial charge in [-0.05, 0) is 30.2 Å². The average molecular weight is 194 g/mol. The molecule has 0 bridgehead atoms. The van der Waals surface area contributed by atoms with E-state index in [4.69, 9.17) is 10.8 Å². The lowest BCUT2D eigenvalue weighted by Gasteiger charge is -2.21. The van der Waals surface area contributed by atoms with E-state index in [2.05, 4.69) is 19.2 Å². The SMILES string of the molecule is CC(C)C(CO)Nc1ccc(N)cc1. The minimum atomic E-state index is 0.0959. The molecule has 1 aromatic carbocycles. The van der Waals surface area contributed by atoms with Crippen LogP contribution in [0.1, 0.15) is 13.8 Å². The molecule has 78 valence electrons. The minimum Gasteiger partial charge on any atom is -0.399 e. The van der Waals surface area contributed by atoms with Crippen molar-refractivity contribution in [3.05, 3.63) is 24.3 Å². The molecule has 0 aromatic heterocycles. The molecule has 3 nitrogen and oxygen atoms in total. The number of hydrogen-bond donors (Lipinski definition) is 3. The molecule has 0 aliphatic rings. The molecule has 0 radical (unpaired) electrons. The summed E-state index contributed by atoms with van der Waals surface area (Å²) in [5.41, 5.74) is 7.32. The van der Waals surface area contributed by atoms with Crippen molar-refractivity contribution in [3.63, 3.8) is 0 Å². The van der Waals surface area contributed by atoms with Gasteiger partial charge in [-0.15, -0.1) is 0 Å². The second kappa shape index (κ2) is 4.86. The number of hydrogen-bond acceptors (Lipinski definition) is 3. The highest BCUT2D eigenvalue weighted by atomic mass is 16.3. The van der Waals surface area contributed by atoms with Crippen molar-refractivity contribution in [2.24, 2.45) is 5.92 Å². The first-order valence-electron chi connectivity index (χ1n) is 4.86. The van der Waals surface area contributed by atoms with Crippen LogP contribution in [-0.4, -0.2) is 17.8 Å². The van der Waals surface area contributed by atoms with Crippen LogP contribution >= 0.6 is 0 Å². The van der Waals surface area contributed by atoms with Crippen LogP contribution in [0, 0.1) is 5.92 Å². The summed E-state index contributed by atoms with van der Waals surface area (Å²) in [7, 11) is 0. The Morgan fingerprint density at radius 2 is 1.86 bits per heavy atom. The fourth-order valence-corrected chi connectivity index (χ4v) is 1.22. The van der Waals surface area contributed by atoms with Gasteiger partial charge in [0.25, 0.3) is 0 Å². The van der Waals surface area contributed by atoms with Crippen LogP contribution in [-0.2, 0) is 0 Å². The van der Waals surface area contributed by atoms with E-state index < -0.39 is 0 Å². The lowest BCUT2D eigenvalue weighted by Crippen LogP contribution is -2.29. The molecular formula is C11H18N2O. The van der Waals surface area contributed by atoms with Gasteiger partial charge in [0.05, 0.1) is 12.6 Å². The zero-order valence-electron chi connectivity index (χ0n) is 8.70. The molecule has 4 N–H and O–H groups in total. The van der Waals surface area contributed by atoms with Crippen molar-refractivity contribution >= 4 is 11.4 Å². The molecule has 14 heavy (non-hydrogen) atoms. The molecule has 0 aliphatic heterocycles. The van der Waals surface area contributed by atoms with Crippen molar-refractivity contribution < 1.29 is 5.11 Å². The van der Waals surface area contributed by atoms with E-state index in [0.717, 1.165) is 11.4 Å². The highest BCUT2D eigenvalue weighted by Gasteiger charge is 2.10. The fraction of sp³-hybridized carbons (Fsp3) is 0.455. The summed E-state index contributed by atoms with van der Waals surface area (Å²) in [6, 6.07) is 7.62. The van der Waals surface area contributed by atoms with E-state index in [1.165, 1.54) is 0 Å². The number of anilines is 2. The van der Waals surface area contributed by atoms with E-state index in [9.17, 15) is 0 Å². The largest absolute Gasteiger partial charge is 0.399 e. The Morgan fingerprint density at radius 3 is 2.29 bits per heavy atom. The van der Waals surface area contributed by atoms with Crippen molar-refractivity contribution in [2.75, 3.05) is 17.7 Å². The monoisotopic (exact) mass is 194 g/mol. The third-order valence-electron chi connectivity index (χ3n) is 2.26. The van der Waals surface area contributed by atoms with Crippen LogP contribution in [0.3, 0.4) is 0 Å². The normalized spacial score (nSPS) is 12.9. The lowest BCUT2D eigenvalue weighted by molar-refractivity contribution is 0.249. The molecule has 1 aromatic rings. The average Bonchev–Trinajstić information content (AvgIpc) is 2.16. The van der Waals surface area contributed by atoms with Crippen molar-refractivity contribution in [1.29, 1.82) is 0 Å². The van der Waals surface area contributed by atoms with E-state index in [-0.39, 0.29) is 12.6 Å². The predicted octanol–water partition coefficient (Wildman–Crippen LogP) is 1.70. The molecule has 0 fully saturated rings. The first-order valence-corrected chi connectivity index (χ1v) is 4.86. The molecule has 0 heterocycles. The Labute approximate surface area is 84.9 Å². The summed E-state index contributed by atoms with van der Waals surface area (Å²) in [6.45, 7) is 4.29. The summed E-state index contributed by atoms with van der Waals surface area (Å²) < 4.78 is 0. The molecule has 0 saturated heterocycles. The van der Waals surface area contributed by atoms with Gasteiger partial charge in [0.1, 0.15) is 0 Å². The molecule has 0 aliphatic carbocycles. The first kappa shape index (κ1) is 10.9. The zero-order chi connectivity index (χ0) is 10.6. The van der Waals surface area contributed by atoms with Gasteiger partial charge in [-0.25, -0.2) is 0 Å². The maximum Gasteiger partial charge on any atom is 0.0635 e. The Hall–Kier alpha value is -1.22. The van der Waals surface area contributed by atoms with Crippen molar-refractivity contribution in [1.82, 2.24) is 0 Å². The van der Waals surface area contributed by atoms with Crippen molar-refractivity contribution in [2.45, 2.75) is 19.9 Å². The van der Waals surface area contributed by atoms with Gasteiger partial charge >= 0.3 is 0 Å². The Morgan fingerprint density at radius 1 is 1.29 bits per heavy atom. The smallest absolute Gasteiger partial charge is 0.0635 e. The lowest BCUT2D eigenvalue weighted by atomic mass is 10.1. The second-order valence-corrected chi connectivity index (χ2v) is 3.80. The number of aliphatic hydroxyl groups excluding tert-OH is 1. The summed E-state index contributed by atoms with van der Waals surface area (Å²) in [5, 5.41) is 12.4. The topological polar surface area (TPSA) is 58.3 Å². The summed E-state index contributed by atoms with van der Waals surface area (Å²) in [6.07, 6.45) is 0. The number of aliphatic hydroxyl groups is 1. The molecule has 1 atom stereocenters. The minimum absolute atomic E-state index is 0.0959. The molecule has 1 rings (SSSR count). The number of nitrogens with one attached hydrogen (secondary N) is 1. The highest BCUT2D eigenvalue weighted by molar-refractivity contribution is 5.51. The molecule has 0 amide bonds. The molecule has 0 spiro atoms. The quantitative estimate of drug-likeness (QED) is 0.639. The summed E-state index contributed by atoms with van der Waals surface area (Å²) >= 11 is 0. The predicted molar refractivity (Wildman–Crippen MR) is 60.2 cm³/mol. The van der Waals surface area contributed by atoms with Crippen LogP contribution < -0.4 is 11.1 Å². The Kier molecular flexibility index (Phi) is 3.77. The van der Waals surface area contributed by atoms with E-state index >= 15 is 0 Å². The third kappa shape index (κ3) is 2.92. The third-order valence-corrected chi connectivity index (χ3v) is 2.26. The van der Waals surface area contributed by atoms with Crippen LogP contribution in [0.4, 0.5) is 11.4 Å². The van der Waals surface area contributed by atoms with Crippen molar-refractivity contribution in [3.8, 4) is 0 Å². The summed E-state index contributed by atoms with van der Waals surface area (Å²) in [5.74, 6) is 0.401. The first-order chi connectivity index (χ1) is 6.63. The summed E-state index contributed by atoms with van der Waals surface area (Å²) in [4.78, 5) is 0. The van der Waals surface area contributed by atoms with E-state index in [1.54, 1.807) is 0 Å². The molecule has 1 unspecified atom stereocenters. The van der Waals surface area contributed by atoms with Gasteiger partial charge in [-0.2, -0.15) is 0 Å². The maximum absolute atomic E-state index is 9.13. The van der Waals surface area contributed by atoms with Gasteiger partial charge in [0, 0.05) is 11.4 Å². The van der Waals surface area contributed by atoms with E-state index in [1.807, 2.05) is 24.3 Å². The van der Waals surface area contributed by atoms with Gasteiger partial charge in [0.15, 0.2) is 0 Å². The maximum atomic E-state index is 9.13. The Balaban J connectivity index is 2.63. The standard InChI is InChI=1S/C11H18N2O/c1-8(2)11(7-14)13-10-5-3-9(12)4-6-10/h3-6,8,11,13-14H,7,12H2,1-2H3. The Bertz CT molecular complexity index is 269. The van der Waals surface area contributed by atoms with Crippen LogP contribution in [0.5, 0.6) is 0 Å². The zero-order valence-corrected chi connectivity index (χ0v) is 8.70. The number of rotatable bonds is 4. The van der Waals surface area contributed by atoms with Gasteiger partial charge in [0.2, 0.25) is 0 Å². The number of nitrogens with two attached hydrogens (primary N) is 1. The number of benzene rings is 1. The van der Waals surface area contributed by atoms with Gasteiger partial charge in [-0.3, -0.25) is 0 Å². The molecule has 0 saturated carbocycles. The highest BCUT2D eigenvalue weighted by Crippen LogP contribution is 2.14. The fourth-order valence-electron chi connectivity index (χ4n) is 1.22.